The Morgan fingerprint density at radius 3 is 2.44 bits per heavy atom. The van der Waals surface area contributed by atoms with E-state index in [-0.39, 0.29) is 17.9 Å². The highest BCUT2D eigenvalue weighted by Gasteiger charge is 2.40. The normalized spacial score (nSPS) is 18.3. The van der Waals surface area contributed by atoms with Gasteiger partial charge in [0.25, 0.3) is 0 Å². The number of aliphatic hydroxyl groups is 1. The van der Waals surface area contributed by atoms with E-state index in [1.54, 1.807) is 0 Å². The van der Waals surface area contributed by atoms with Gasteiger partial charge in [0.05, 0.1) is 12.0 Å². The van der Waals surface area contributed by atoms with Gasteiger partial charge in [0.15, 0.2) is 0 Å². The van der Waals surface area contributed by atoms with Gasteiger partial charge in [-0.25, -0.2) is 0 Å². The van der Waals surface area contributed by atoms with E-state index in [1.807, 2.05) is 30.3 Å². The van der Waals surface area contributed by atoms with Gasteiger partial charge >= 0.3 is 0 Å². The van der Waals surface area contributed by atoms with Crippen LogP contribution in [0, 0.1) is 0 Å². The van der Waals surface area contributed by atoms with Crippen LogP contribution < -0.4 is 5.32 Å². The third-order valence-electron chi connectivity index (χ3n) is 3.87. The monoisotopic (exact) mass is 247 g/mol. The molecule has 0 aliphatic heterocycles. The van der Waals surface area contributed by atoms with Crippen molar-refractivity contribution in [3.8, 4) is 0 Å². The molecule has 1 fully saturated rings. The van der Waals surface area contributed by atoms with Crippen LogP contribution in [0.25, 0.3) is 0 Å². The molecule has 3 heteroatoms. The molecule has 1 aromatic carbocycles. The summed E-state index contributed by atoms with van der Waals surface area (Å²) < 4.78 is 0. The summed E-state index contributed by atoms with van der Waals surface area (Å²) in [6, 6.07) is 10.1. The van der Waals surface area contributed by atoms with Gasteiger partial charge in [0.1, 0.15) is 0 Å². The van der Waals surface area contributed by atoms with Crippen molar-refractivity contribution in [3.63, 3.8) is 0 Å². The van der Waals surface area contributed by atoms with Gasteiger partial charge in [-0.05, 0) is 18.4 Å². The largest absolute Gasteiger partial charge is 0.395 e. The molecule has 0 saturated heterocycles. The van der Waals surface area contributed by atoms with Crippen LogP contribution in [0.2, 0.25) is 0 Å². The first-order valence-electron chi connectivity index (χ1n) is 6.74. The van der Waals surface area contributed by atoms with Crippen LogP contribution in [-0.4, -0.2) is 24.2 Å². The summed E-state index contributed by atoms with van der Waals surface area (Å²) in [5.74, 6) is 0.0717. The molecule has 1 aliphatic carbocycles. The SMILES string of the molecule is O=C(NCCO)C1(c2ccccc2)CCCCC1. The molecule has 0 atom stereocenters. The van der Waals surface area contributed by atoms with E-state index in [0.29, 0.717) is 6.54 Å². The number of hydrogen-bond acceptors (Lipinski definition) is 2. The van der Waals surface area contributed by atoms with Crippen molar-refractivity contribution in [2.45, 2.75) is 37.5 Å². The number of aliphatic hydroxyl groups excluding tert-OH is 1. The number of nitrogens with one attached hydrogen (secondary N) is 1. The van der Waals surface area contributed by atoms with Crippen LogP contribution in [0.4, 0.5) is 0 Å². The quantitative estimate of drug-likeness (QED) is 0.855. The van der Waals surface area contributed by atoms with Crippen molar-refractivity contribution < 1.29 is 9.90 Å². The lowest BCUT2D eigenvalue weighted by atomic mass is 9.68. The Balaban J connectivity index is 2.25. The fraction of sp³-hybridized carbons (Fsp3) is 0.533. The fourth-order valence-corrected chi connectivity index (χ4v) is 2.90. The van der Waals surface area contributed by atoms with Crippen molar-refractivity contribution in [1.29, 1.82) is 0 Å². The molecule has 0 spiro atoms. The number of carbonyl (C=O) groups excluding carboxylic acids is 1. The number of carbonyl (C=O) groups is 1. The topological polar surface area (TPSA) is 49.3 Å². The van der Waals surface area contributed by atoms with E-state index in [2.05, 4.69) is 5.32 Å². The predicted molar refractivity (Wildman–Crippen MR) is 71.3 cm³/mol. The summed E-state index contributed by atoms with van der Waals surface area (Å²) in [5, 5.41) is 11.7. The van der Waals surface area contributed by atoms with Crippen molar-refractivity contribution >= 4 is 5.91 Å². The molecule has 2 rings (SSSR count). The van der Waals surface area contributed by atoms with Gasteiger partial charge in [-0.3, -0.25) is 4.79 Å². The molecule has 98 valence electrons. The minimum absolute atomic E-state index is 0.00336. The van der Waals surface area contributed by atoms with Gasteiger partial charge < -0.3 is 10.4 Å². The average Bonchev–Trinajstić information content (AvgIpc) is 2.46. The number of amides is 1. The highest BCUT2D eigenvalue weighted by molar-refractivity contribution is 5.88. The summed E-state index contributed by atoms with van der Waals surface area (Å²) in [6.07, 6.45) is 5.23. The van der Waals surface area contributed by atoms with Gasteiger partial charge in [0, 0.05) is 6.54 Å². The van der Waals surface area contributed by atoms with Gasteiger partial charge in [-0.1, -0.05) is 49.6 Å². The Hall–Kier alpha value is -1.35. The summed E-state index contributed by atoms with van der Waals surface area (Å²) in [4.78, 5) is 12.5. The Morgan fingerprint density at radius 1 is 1.17 bits per heavy atom. The zero-order valence-electron chi connectivity index (χ0n) is 10.7. The lowest BCUT2D eigenvalue weighted by Gasteiger charge is -2.36. The third kappa shape index (κ3) is 2.56. The summed E-state index contributed by atoms with van der Waals surface area (Å²) in [6.45, 7) is 0.337. The van der Waals surface area contributed by atoms with E-state index < -0.39 is 0 Å². The molecule has 0 radical (unpaired) electrons. The van der Waals surface area contributed by atoms with E-state index >= 15 is 0 Å². The second-order valence-corrected chi connectivity index (χ2v) is 4.99. The third-order valence-corrected chi connectivity index (χ3v) is 3.87. The standard InChI is InChI=1S/C15H21NO2/c17-12-11-16-14(18)15(9-5-2-6-10-15)13-7-3-1-4-8-13/h1,3-4,7-8,17H,2,5-6,9-12H2,(H,16,18). The zero-order valence-corrected chi connectivity index (χ0v) is 10.7. The first-order valence-corrected chi connectivity index (χ1v) is 6.74. The molecular formula is C15H21NO2. The highest BCUT2D eigenvalue weighted by Crippen LogP contribution is 2.39. The van der Waals surface area contributed by atoms with Crippen LogP contribution in [0.1, 0.15) is 37.7 Å². The maximum atomic E-state index is 12.5. The van der Waals surface area contributed by atoms with Crippen molar-refractivity contribution in [1.82, 2.24) is 5.32 Å². The Morgan fingerprint density at radius 2 is 1.83 bits per heavy atom. The fourth-order valence-electron chi connectivity index (χ4n) is 2.90. The van der Waals surface area contributed by atoms with Gasteiger partial charge in [-0.15, -0.1) is 0 Å². The number of hydrogen-bond donors (Lipinski definition) is 2. The van der Waals surface area contributed by atoms with Crippen LogP contribution in [0.15, 0.2) is 30.3 Å². The molecular weight excluding hydrogens is 226 g/mol. The highest BCUT2D eigenvalue weighted by atomic mass is 16.3. The average molecular weight is 247 g/mol. The lowest BCUT2D eigenvalue weighted by Crippen LogP contribution is -2.46. The molecule has 3 nitrogen and oxygen atoms in total. The van der Waals surface area contributed by atoms with Crippen molar-refractivity contribution in [2.75, 3.05) is 13.2 Å². The Labute approximate surface area is 108 Å². The molecule has 1 saturated carbocycles. The summed E-state index contributed by atoms with van der Waals surface area (Å²) >= 11 is 0. The number of rotatable bonds is 4. The molecule has 0 unspecified atom stereocenters. The number of benzene rings is 1. The van der Waals surface area contributed by atoms with E-state index in [0.717, 1.165) is 31.2 Å². The molecule has 1 aromatic rings. The van der Waals surface area contributed by atoms with E-state index in [1.165, 1.54) is 6.42 Å². The minimum atomic E-state index is -0.380. The Kier molecular flexibility index (Phi) is 4.37. The summed E-state index contributed by atoms with van der Waals surface area (Å²) in [7, 11) is 0. The van der Waals surface area contributed by atoms with E-state index in [9.17, 15) is 4.79 Å². The maximum absolute atomic E-state index is 12.5. The maximum Gasteiger partial charge on any atom is 0.230 e. The molecule has 2 N–H and O–H groups in total. The van der Waals surface area contributed by atoms with Gasteiger partial charge in [0.2, 0.25) is 5.91 Å². The first kappa shape index (κ1) is 13.1. The van der Waals surface area contributed by atoms with Crippen LogP contribution in [0.3, 0.4) is 0 Å². The van der Waals surface area contributed by atoms with Crippen LogP contribution in [-0.2, 0) is 10.2 Å². The van der Waals surface area contributed by atoms with Gasteiger partial charge in [-0.2, -0.15) is 0 Å². The lowest BCUT2D eigenvalue weighted by molar-refractivity contribution is -0.128. The molecule has 0 heterocycles. The van der Waals surface area contributed by atoms with Crippen molar-refractivity contribution in [2.24, 2.45) is 0 Å². The van der Waals surface area contributed by atoms with E-state index in [4.69, 9.17) is 5.11 Å². The van der Waals surface area contributed by atoms with Crippen molar-refractivity contribution in [3.05, 3.63) is 35.9 Å². The molecule has 0 bridgehead atoms. The molecule has 0 aromatic heterocycles. The second kappa shape index (κ2) is 6.01. The Bertz CT molecular complexity index is 383. The van der Waals surface area contributed by atoms with Crippen LogP contribution in [0.5, 0.6) is 0 Å². The molecule has 1 amide bonds. The zero-order chi connectivity index (χ0) is 12.8. The summed E-state index contributed by atoms with van der Waals surface area (Å²) in [5.41, 5.74) is 0.731. The smallest absolute Gasteiger partial charge is 0.230 e. The minimum Gasteiger partial charge on any atom is -0.395 e. The predicted octanol–water partition coefficient (Wildman–Crippen LogP) is 2.00. The first-order chi connectivity index (χ1) is 8.79. The molecule has 1 aliphatic rings. The molecule has 18 heavy (non-hydrogen) atoms. The van der Waals surface area contributed by atoms with Crippen LogP contribution >= 0.6 is 0 Å². The second-order valence-electron chi connectivity index (χ2n) is 4.99.